The van der Waals surface area contributed by atoms with E-state index in [1.807, 2.05) is 0 Å². The number of alkyl halides is 3. The quantitative estimate of drug-likeness (QED) is 0.734. The second kappa shape index (κ2) is 4.32. The van der Waals surface area contributed by atoms with Gasteiger partial charge < -0.3 is 0 Å². The van der Waals surface area contributed by atoms with Gasteiger partial charge in [0.25, 0.3) is 0 Å². The second-order valence-corrected chi connectivity index (χ2v) is 3.09. The Morgan fingerprint density at radius 2 is 2.08 bits per heavy atom. The molecule has 0 amide bonds. The van der Waals surface area contributed by atoms with Crippen molar-refractivity contribution in [3.8, 4) is 0 Å². The van der Waals surface area contributed by atoms with Crippen molar-refractivity contribution < 1.29 is 13.2 Å². The van der Waals surface area contributed by atoms with Crippen molar-refractivity contribution in [1.82, 2.24) is 4.98 Å². The third-order valence-corrected chi connectivity index (χ3v) is 1.67. The molecule has 1 aromatic rings. The zero-order valence-corrected chi connectivity index (χ0v) is 7.27. The molecule has 0 bridgehead atoms. The monoisotopic (exact) mass is 205 g/mol. The lowest BCUT2D eigenvalue weighted by Gasteiger charge is -1.98. The highest BCUT2D eigenvalue weighted by atomic mass is 32.2. The third kappa shape index (κ3) is 4.57. The fourth-order valence-corrected chi connectivity index (χ4v) is 1.02. The highest BCUT2D eigenvalue weighted by Gasteiger charge is 2.26. The average molecular weight is 205 g/mol. The van der Waals surface area contributed by atoms with E-state index < -0.39 is 5.51 Å². The van der Waals surface area contributed by atoms with Crippen LogP contribution >= 0.6 is 11.8 Å². The maximum atomic E-state index is 11.6. The summed E-state index contributed by atoms with van der Waals surface area (Å²) in [6.07, 6.45) is 2.84. The Hall–Kier alpha value is -0.970. The van der Waals surface area contributed by atoms with Gasteiger partial charge in [0.05, 0.1) is 5.69 Å². The zero-order chi connectivity index (χ0) is 9.73. The molecule has 0 atom stereocenters. The summed E-state index contributed by atoms with van der Waals surface area (Å²) in [4.78, 5) is 3.83. The normalized spacial score (nSPS) is 12.2. The maximum Gasteiger partial charge on any atom is 0.445 e. The van der Waals surface area contributed by atoms with E-state index in [9.17, 15) is 13.2 Å². The molecule has 0 aliphatic rings. The van der Waals surface area contributed by atoms with Gasteiger partial charge >= 0.3 is 5.51 Å². The first-order valence-electron chi connectivity index (χ1n) is 3.40. The molecular formula is C8H6F3NS. The van der Waals surface area contributed by atoms with Crippen molar-refractivity contribution in [2.24, 2.45) is 0 Å². The van der Waals surface area contributed by atoms with Crippen molar-refractivity contribution >= 4 is 17.8 Å². The minimum atomic E-state index is -4.22. The molecular weight excluding hydrogens is 199 g/mol. The van der Waals surface area contributed by atoms with Gasteiger partial charge in [0.15, 0.2) is 0 Å². The van der Waals surface area contributed by atoms with E-state index in [4.69, 9.17) is 0 Å². The van der Waals surface area contributed by atoms with Crippen molar-refractivity contribution in [1.29, 1.82) is 0 Å². The summed E-state index contributed by atoms with van der Waals surface area (Å²) in [5.41, 5.74) is -3.70. The van der Waals surface area contributed by atoms with Crippen molar-refractivity contribution in [2.75, 3.05) is 0 Å². The van der Waals surface area contributed by atoms with E-state index >= 15 is 0 Å². The van der Waals surface area contributed by atoms with Crippen molar-refractivity contribution in [3.63, 3.8) is 0 Å². The van der Waals surface area contributed by atoms with Crippen molar-refractivity contribution in [3.05, 3.63) is 35.5 Å². The Balaban J connectivity index is 2.51. The number of rotatable bonds is 2. The lowest BCUT2D eigenvalue weighted by molar-refractivity contribution is -0.0319. The lowest BCUT2D eigenvalue weighted by Crippen LogP contribution is -1.96. The SMILES string of the molecule is FC(F)(F)S/C=C\c1ccccn1. The molecule has 0 aliphatic carbocycles. The van der Waals surface area contributed by atoms with Crippen LogP contribution in [0.1, 0.15) is 5.69 Å². The Bertz CT molecular complexity index is 281. The number of pyridine rings is 1. The molecule has 5 heteroatoms. The van der Waals surface area contributed by atoms with E-state index in [1.54, 1.807) is 18.2 Å². The van der Waals surface area contributed by atoms with Crippen LogP contribution in [0.2, 0.25) is 0 Å². The summed E-state index contributed by atoms with van der Waals surface area (Å²) in [6, 6.07) is 5.05. The Kier molecular flexibility index (Phi) is 3.36. The highest BCUT2D eigenvalue weighted by molar-refractivity contribution is 8.03. The minimum absolute atomic E-state index is 0.192. The van der Waals surface area contributed by atoms with Crippen LogP contribution in [-0.2, 0) is 0 Å². The summed E-state index contributed by atoms with van der Waals surface area (Å²) < 4.78 is 34.9. The van der Waals surface area contributed by atoms with Gasteiger partial charge in [0.2, 0.25) is 0 Å². The number of halogens is 3. The van der Waals surface area contributed by atoms with E-state index in [1.165, 1.54) is 12.3 Å². The topological polar surface area (TPSA) is 12.9 Å². The van der Waals surface area contributed by atoms with E-state index in [-0.39, 0.29) is 11.8 Å². The number of hydrogen-bond donors (Lipinski definition) is 0. The molecule has 0 radical (unpaired) electrons. The van der Waals surface area contributed by atoms with Crippen LogP contribution in [-0.4, -0.2) is 10.5 Å². The molecule has 13 heavy (non-hydrogen) atoms. The molecule has 1 nitrogen and oxygen atoms in total. The van der Waals surface area contributed by atoms with Gasteiger partial charge in [-0.25, -0.2) is 0 Å². The smallest absolute Gasteiger partial charge is 0.257 e. The molecule has 0 aromatic carbocycles. The van der Waals surface area contributed by atoms with Gasteiger partial charge in [0.1, 0.15) is 0 Å². The van der Waals surface area contributed by atoms with Gasteiger partial charge in [-0.05, 0) is 35.4 Å². The fraction of sp³-hybridized carbons (Fsp3) is 0.125. The molecule has 0 fully saturated rings. The van der Waals surface area contributed by atoms with Crippen molar-refractivity contribution in [2.45, 2.75) is 5.51 Å². The molecule has 0 saturated carbocycles. The first kappa shape index (κ1) is 10.1. The van der Waals surface area contributed by atoms with Crippen LogP contribution < -0.4 is 0 Å². The standard InChI is InChI=1S/C8H6F3NS/c9-8(10,11)13-6-4-7-3-1-2-5-12-7/h1-6H/b6-4-. The van der Waals surface area contributed by atoms with Gasteiger partial charge in [-0.2, -0.15) is 13.2 Å². The number of nitrogens with zero attached hydrogens (tertiary/aromatic N) is 1. The largest absolute Gasteiger partial charge is 0.445 e. The molecule has 0 aliphatic heterocycles. The molecule has 70 valence electrons. The highest BCUT2D eigenvalue weighted by Crippen LogP contribution is 2.31. The molecule has 0 spiro atoms. The number of thioether (sulfide) groups is 1. The van der Waals surface area contributed by atoms with Crippen LogP contribution in [0, 0.1) is 0 Å². The van der Waals surface area contributed by atoms with Crippen LogP contribution in [0.15, 0.2) is 29.8 Å². The number of aromatic nitrogens is 1. The van der Waals surface area contributed by atoms with Gasteiger partial charge in [0, 0.05) is 6.20 Å². The van der Waals surface area contributed by atoms with Gasteiger partial charge in [-0.3, -0.25) is 4.98 Å². The predicted octanol–water partition coefficient (Wildman–Crippen LogP) is 3.31. The van der Waals surface area contributed by atoms with E-state index in [0.717, 1.165) is 5.41 Å². The summed E-state index contributed by atoms with van der Waals surface area (Å²) in [7, 11) is 0. The molecule has 0 saturated heterocycles. The minimum Gasteiger partial charge on any atom is -0.257 e. The summed E-state index contributed by atoms with van der Waals surface area (Å²) in [5.74, 6) is 0. The Labute approximate surface area is 77.7 Å². The third-order valence-electron chi connectivity index (χ3n) is 1.13. The van der Waals surface area contributed by atoms with Gasteiger partial charge in [-0.15, -0.1) is 0 Å². The molecule has 1 rings (SSSR count). The zero-order valence-electron chi connectivity index (χ0n) is 6.45. The Morgan fingerprint density at radius 3 is 2.62 bits per heavy atom. The number of hydrogen-bond acceptors (Lipinski definition) is 2. The second-order valence-electron chi connectivity index (χ2n) is 2.12. The van der Waals surface area contributed by atoms with Crippen LogP contribution in [0.5, 0.6) is 0 Å². The van der Waals surface area contributed by atoms with E-state index in [0.29, 0.717) is 5.69 Å². The van der Waals surface area contributed by atoms with Crippen LogP contribution in [0.3, 0.4) is 0 Å². The predicted molar refractivity (Wildman–Crippen MR) is 46.9 cm³/mol. The fourth-order valence-electron chi connectivity index (χ4n) is 0.655. The summed E-state index contributed by atoms with van der Waals surface area (Å²) in [5, 5.41) is 0.975. The Morgan fingerprint density at radius 1 is 1.31 bits per heavy atom. The molecule has 1 aromatic heterocycles. The molecule has 0 unspecified atom stereocenters. The van der Waals surface area contributed by atoms with Gasteiger partial charge in [-0.1, -0.05) is 6.07 Å². The maximum absolute atomic E-state index is 11.6. The molecule has 1 heterocycles. The molecule has 0 N–H and O–H groups in total. The van der Waals surface area contributed by atoms with Crippen LogP contribution in [0.4, 0.5) is 13.2 Å². The summed E-state index contributed by atoms with van der Waals surface area (Å²) >= 11 is -0.192. The van der Waals surface area contributed by atoms with Crippen LogP contribution in [0.25, 0.3) is 6.08 Å². The average Bonchev–Trinajstić information content (AvgIpc) is 2.04. The lowest BCUT2D eigenvalue weighted by atomic mass is 10.3. The first-order chi connectivity index (χ1) is 6.08. The summed E-state index contributed by atoms with van der Waals surface area (Å²) in [6.45, 7) is 0. The van der Waals surface area contributed by atoms with E-state index in [2.05, 4.69) is 4.98 Å². The first-order valence-corrected chi connectivity index (χ1v) is 4.28.